The number of thioether (sulfide) groups is 1. The maximum atomic E-state index is 13.6. The van der Waals surface area contributed by atoms with E-state index >= 15 is 0 Å². The van der Waals surface area contributed by atoms with Crippen molar-refractivity contribution in [2.45, 2.75) is 26.6 Å². The van der Waals surface area contributed by atoms with Crippen molar-refractivity contribution in [3.8, 4) is 5.69 Å². The molecule has 0 aliphatic carbocycles. The van der Waals surface area contributed by atoms with Crippen LogP contribution in [0.25, 0.3) is 5.69 Å². The van der Waals surface area contributed by atoms with Crippen molar-refractivity contribution in [1.29, 1.82) is 0 Å². The molecule has 156 valence electrons. The minimum atomic E-state index is -4.46. The average molecular weight is 527 g/mol. The van der Waals surface area contributed by atoms with E-state index in [-0.39, 0.29) is 36.1 Å². The van der Waals surface area contributed by atoms with Gasteiger partial charge in [-0.2, -0.15) is 30.0 Å². The Kier molecular flexibility index (Phi) is 9.61. The van der Waals surface area contributed by atoms with E-state index in [4.69, 9.17) is 0 Å². The molecule has 2 rings (SSSR count). The van der Waals surface area contributed by atoms with Crippen LogP contribution >= 0.6 is 35.7 Å². The summed E-state index contributed by atoms with van der Waals surface area (Å²) in [6, 6.07) is 6.10. The smallest absolute Gasteiger partial charge is 0.356 e. The highest BCUT2D eigenvalue weighted by atomic mass is 127. The van der Waals surface area contributed by atoms with Gasteiger partial charge in [0, 0.05) is 31.6 Å². The highest BCUT2D eigenvalue weighted by Gasteiger charge is 2.33. The van der Waals surface area contributed by atoms with Crippen LogP contribution in [0, 0.1) is 13.8 Å². The first-order valence-corrected chi connectivity index (χ1v) is 9.83. The molecule has 0 aliphatic heterocycles. The Balaban J connectivity index is 0.00000392. The molecule has 1 aromatic heterocycles. The van der Waals surface area contributed by atoms with Crippen LogP contribution in [0.3, 0.4) is 0 Å². The fourth-order valence-electron chi connectivity index (χ4n) is 2.68. The molecule has 0 saturated carbocycles. The van der Waals surface area contributed by atoms with Gasteiger partial charge in [-0.3, -0.25) is 4.99 Å². The Morgan fingerprint density at radius 2 is 1.93 bits per heavy atom. The molecule has 2 N–H and O–H groups in total. The third-order valence-corrected chi connectivity index (χ3v) is 4.53. The number of guanidine groups is 1. The lowest BCUT2D eigenvalue weighted by Gasteiger charge is -2.17. The first-order valence-electron chi connectivity index (χ1n) is 8.43. The molecule has 0 atom stereocenters. The highest BCUT2D eigenvalue weighted by molar-refractivity contribution is 14.0. The van der Waals surface area contributed by atoms with Gasteiger partial charge in [-0.25, -0.2) is 4.68 Å². The van der Waals surface area contributed by atoms with Crippen molar-refractivity contribution in [1.82, 2.24) is 20.4 Å². The van der Waals surface area contributed by atoms with E-state index in [9.17, 15) is 13.2 Å². The summed E-state index contributed by atoms with van der Waals surface area (Å²) in [6.07, 6.45) is -2.48. The molecule has 10 heteroatoms. The Bertz CT molecular complexity index is 805. The number of benzene rings is 1. The van der Waals surface area contributed by atoms with Crippen molar-refractivity contribution in [2.24, 2.45) is 4.99 Å². The normalized spacial score (nSPS) is 11.9. The molecular formula is C18H25F3IN5S. The largest absolute Gasteiger partial charge is 0.416 e. The summed E-state index contributed by atoms with van der Waals surface area (Å²) in [5.74, 6) is 1.35. The molecule has 0 radical (unpaired) electrons. The zero-order valence-corrected chi connectivity index (χ0v) is 19.4. The van der Waals surface area contributed by atoms with Gasteiger partial charge < -0.3 is 10.6 Å². The van der Waals surface area contributed by atoms with Gasteiger partial charge >= 0.3 is 6.18 Å². The Morgan fingerprint density at radius 1 is 1.21 bits per heavy atom. The molecular weight excluding hydrogens is 502 g/mol. The van der Waals surface area contributed by atoms with Crippen molar-refractivity contribution in [3.63, 3.8) is 0 Å². The van der Waals surface area contributed by atoms with Crippen LogP contribution in [0.4, 0.5) is 13.2 Å². The minimum Gasteiger partial charge on any atom is -0.356 e. The molecule has 0 spiro atoms. The topological polar surface area (TPSA) is 54.2 Å². The predicted molar refractivity (Wildman–Crippen MR) is 120 cm³/mol. The molecule has 0 fully saturated rings. The molecule has 0 aliphatic rings. The first-order chi connectivity index (χ1) is 12.8. The number of aromatic nitrogens is 2. The summed E-state index contributed by atoms with van der Waals surface area (Å²) in [5, 5.41) is 10.3. The fraction of sp³-hybridized carbons (Fsp3) is 0.444. The summed E-state index contributed by atoms with van der Waals surface area (Å²) in [5.41, 5.74) is 1.40. The maximum Gasteiger partial charge on any atom is 0.416 e. The predicted octanol–water partition coefficient (Wildman–Crippen LogP) is 4.15. The van der Waals surface area contributed by atoms with E-state index in [1.165, 1.54) is 10.7 Å². The van der Waals surface area contributed by atoms with E-state index in [1.54, 1.807) is 24.9 Å². The second kappa shape index (κ2) is 10.9. The van der Waals surface area contributed by atoms with E-state index in [1.807, 2.05) is 26.2 Å². The van der Waals surface area contributed by atoms with E-state index in [0.717, 1.165) is 23.2 Å². The quantitative estimate of drug-likeness (QED) is 0.257. The lowest BCUT2D eigenvalue weighted by molar-refractivity contribution is -0.138. The van der Waals surface area contributed by atoms with Gasteiger partial charge in [0.1, 0.15) is 0 Å². The van der Waals surface area contributed by atoms with Crippen molar-refractivity contribution in [3.05, 3.63) is 46.8 Å². The van der Waals surface area contributed by atoms with Gasteiger partial charge in [0.2, 0.25) is 0 Å². The van der Waals surface area contributed by atoms with Crippen molar-refractivity contribution in [2.75, 3.05) is 25.6 Å². The second-order valence-electron chi connectivity index (χ2n) is 6.02. The summed E-state index contributed by atoms with van der Waals surface area (Å²) in [7, 11) is 1.59. The summed E-state index contributed by atoms with van der Waals surface area (Å²) >= 11 is 1.67. The molecule has 5 nitrogen and oxygen atoms in total. The minimum absolute atomic E-state index is 0. The lowest BCUT2D eigenvalue weighted by atomic mass is 10.1. The number of alkyl halides is 3. The highest BCUT2D eigenvalue weighted by Crippen LogP contribution is 2.33. The monoisotopic (exact) mass is 527 g/mol. The second-order valence-corrected chi connectivity index (χ2v) is 7.01. The number of hydrogen-bond donors (Lipinski definition) is 2. The van der Waals surface area contributed by atoms with Gasteiger partial charge in [-0.05, 0) is 43.9 Å². The molecule has 0 amide bonds. The molecule has 0 bridgehead atoms. The van der Waals surface area contributed by atoms with Crippen molar-refractivity contribution >= 4 is 41.7 Å². The summed E-state index contributed by atoms with van der Waals surface area (Å²) in [6.45, 7) is 4.32. The number of aryl methyl sites for hydroxylation is 2. The van der Waals surface area contributed by atoms with Gasteiger partial charge in [-0.15, -0.1) is 24.0 Å². The molecule has 1 aromatic carbocycles. The van der Waals surface area contributed by atoms with Gasteiger partial charge in [0.15, 0.2) is 5.96 Å². The van der Waals surface area contributed by atoms with E-state index in [2.05, 4.69) is 20.7 Å². The number of nitrogens with one attached hydrogen (secondary N) is 2. The third kappa shape index (κ3) is 6.57. The van der Waals surface area contributed by atoms with E-state index in [0.29, 0.717) is 18.2 Å². The molecule has 28 heavy (non-hydrogen) atoms. The fourth-order valence-corrected chi connectivity index (χ4v) is 2.98. The SMILES string of the molecule is CN=C(NCCSC)NCc1ccc(-n2nc(C)cc2C)cc1C(F)(F)F.I. The molecule has 0 saturated heterocycles. The van der Waals surface area contributed by atoms with E-state index < -0.39 is 11.7 Å². The number of aliphatic imine (C=N–C) groups is 1. The Hall–Kier alpha value is -1.43. The number of nitrogens with zero attached hydrogens (tertiary/aromatic N) is 3. The van der Waals surface area contributed by atoms with Gasteiger partial charge in [0.05, 0.1) is 16.9 Å². The Labute approximate surface area is 184 Å². The van der Waals surface area contributed by atoms with Crippen LogP contribution in [0.5, 0.6) is 0 Å². The third-order valence-electron chi connectivity index (χ3n) is 3.92. The number of halogens is 4. The van der Waals surface area contributed by atoms with Gasteiger partial charge in [0.25, 0.3) is 0 Å². The molecule has 1 heterocycles. The van der Waals surface area contributed by atoms with Crippen LogP contribution in [0.15, 0.2) is 29.3 Å². The number of hydrogen-bond acceptors (Lipinski definition) is 3. The summed E-state index contributed by atoms with van der Waals surface area (Å²) in [4.78, 5) is 4.04. The van der Waals surface area contributed by atoms with Crippen LogP contribution < -0.4 is 10.6 Å². The average Bonchev–Trinajstić information content (AvgIpc) is 2.95. The zero-order chi connectivity index (χ0) is 20.0. The molecule has 0 unspecified atom stereocenters. The lowest BCUT2D eigenvalue weighted by Crippen LogP contribution is -2.38. The maximum absolute atomic E-state index is 13.6. The molecule has 2 aromatic rings. The van der Waals surface area contributed by atoms with Crippen LogP contribution in [-0.2, 0) is 12.7 Å². The standard InChI is InChI=1S/C18H24F3N5S.HI/c1-12-9-13(2)26(25-12)15-6-5-14(16(10-15)18(19,20)21)11-24-17(22-3)23-7-8-27-4;/h5-6,9-10H,7-8,11H2,1-4H3,(H2,22,23,24);1H. The van der Waals surface area contributed by atoms with Gasteiger partial charge in [-0.1, -0.05) is 6.07 Å². The number of rotatable bonds is 6. The zero-order valence-electron chi connectivity index (χ0n) is 16.2. The first kappa shape index (κ1) is 24.6. The van der Waals surface area contributed by atoms with Crippen LogP contribution in [0.2, 0.25) is 0 Å². The van der Waals surface area contributed by atoms with Crippen LogP contribution in [-0.4, -0.2) is 41.3 Å². The van der Waals surface area contributed by atoms with Crippen LogP contribution in [0.1, 0.15) is 22.5 Å². The Morgan fingerprint density at radius 3 is 2.46 bits per heavy atom. The summed E-state index contributed by atoms with van der Waals surface area (Å²) < 4.78 is 42.3. The van der Waals surface area contributed by atoms with Crippen molar-refractivity contribution < 1.29 is 13.2 Å².